The minimum Gasteiger partial charge on any atom is -0.323 e. The summed E-state index contributed by atoms with van der Waals surface area (Å²) in [4.78, 5) is 2.16. The van der Waals surface area contributed by atoms with E-state index < -0.39 is 17.7 Å². The molecular weight excluding hydrogens is 224 g/mol. The zero-order chi connectivity index (χ0) is 12.3. The molecule has 1 unspecified atom stereocenters. The molecule has 0 aromatic heterocycles. The van der Waals surface area contributed by atoms with Crippen LogP contribution in [0.1, 0.15) is 11.6 Å². The first kappa shape index (κ1) is 12.4. The zero-order valence-electron chi connectivity index (χ0n) is 9.63. The van der Waals surface area contributed by atoms with Crippen LogP contribution in [0.2, 0.25) is 0 Å². The summed E-state index contributed by atoms with van der Waals surface area (Å²) in [7, 11) is 0. The highest BCUT2D eigenvalue weighted by Gasteiger charge is 2.17. The molecule has 1 fully saturated rings. The van der Waals surface area contributed by atoms with Crippen LogP contribution in [0.15, 0.2) is 18.2 Å². The van der Waals surface area contributed by atoms with Crippen molar-refractivity contribution in [3.63, 3.8) is 0 Å². The summed E-state index contributed by atoms with van der Waals surface area (Å²) >= 11 is 0. The summed E-state index contributed by atoms with van der Waals surface area (Å²) in [5.74, 6) is -0.883. The maximum Gasteiger partial charge on any atom is 0.128 e. The highest BCUT2D eigenvalue weighted by Crippen LogP contribution is 2.17. The maximum atomic E-state index is 13.5. The monoisotopic (exact) mass is 241 g/mol. The Bertz CT molecular complexity index is 378. The van der Waals surface area contributed by atoms with Crippen LogP contribution in [0.4, 0.5) is 8.78 Å². The van der Waals surface area contributed by atoms with Crippen molar-refractivity contribution < 1.29 is 8.78 Å². The first-order valence-electron chi connectivity index (χ1n) is 5.80. The van der Waals surface area contributed by atoms with Gasteiger partial charge in [0.25, 0.3) is 0 Å². The number of benzene rings is 1. The minimum atomic E-state index is -0.483. The van der Waals surface area contributed by atoms with Gasteiger partial charge in [-0.25, -0.2) is 8.78 Å². The summed E-state index contributed by atoms with van der Waals surface area (Å²) in [6.45, 7) is 4.17. The van der Waals surface area contributed by atoms with Crippen molar-refractivity contribution >= 4 is 0 Å². The fourth-order valence-electron chi connectivity index (χ4n) is 2.07. The summed E-state index contributed by atoms with van der Waals surface area (Å²) < 4.78 is 26.5. The van der Waals surface area contributed by atoms with Crippen LogP contribution in [0, 0.1) is 11.6 Å². The maximum absolute atomic E-state index is 13.5. The van der Waals surface area contributed by atoms with E-state index in [1.807, 2.05) is 0 Å². The predicted molar refractivity (Wildman–Crippen MR) is 62.6 cm³/mol. The lowest BCUT2D eigenvalue weighted by Gasteiger charge is -2.29. The van der Waals surface area contributed by atoms with Gasteiger partial charge >= 0.3 is 0 Å². The molecule has 0 spiro atoms. The Kier molecular flexibility index (Phi) is 4.04. The molecule has 17 heavy (non-hydrogen) atoms. The zero-order valence-corrected chi connectivity index (χ0v) is 9.63. The third-order valence-electron chi connectivity index (χ3n) is 3.02. The Balaban J connectivity index is 2.02. The number of hydrogen-bond acceptors (Lipinski definition) is 3. The standard InChI is InChI=1S/C12H17F2N3/c13-9-1-2-11(14)10(7-9)12(15)8-17-5-3-16-4-6-17/h1-2,7,12,16H,3-6,8,15H2. The van der Waals surface area contributed by atoms with Gasteiger partial charge in [-0.2, -0.15) is 0 Å². The quantitative estimate of drug-likeness (QED) is 0.825. The van der Waals surface area contributed by atoms with Crippen LogP contribution < -0.4 is 11.1 Å². The summed E-state index contributed by atoms with van der Waals surface area (Å²) in [6, 6.07) is 2.93. The van der Waals surface area contributed by atoms with Crippen LogP contribution in [-0.2, 0) is 0 Å². The topological polar surface area (TPSA) is 41.3 Å². The van der Waals surface area contributed by atoms with E-state index in [-0.39, 0.29) is 5.56 Å². The van der Waals surface area contributed by atoms with Gasteiger partial charge in [0.15, 0.2) is 0 Å². The van der Waals surface area contributed by atoms with Gasteiger partial charge in [-0.05, 0) is 18.2 Å². The summed E-state index contributed by atoms with van der Waals surface area (Å²) in [6.07, 6.45) is 0. The molecule has 1 aliphatic rings. The Morgan fingerprint density at radius 2 is 2.00 bits per heavy atom. The van der Waals surface area contributed by atoms with E-state index in [1.54, 1.807) is 0 Å². The van der Waals surface area contributed by atoms with Crippen LogP contribution >= 0.6 is 0 Å². The van der Waals surface area contributed by atoms with Crippen molar-refractivity contribution in [2.75, 3.05) is 32.7 Å². The molecule has 2 rings (SSSR count). The molecule has 5 heteroatoms. The van der Waals surface area contributed by atoms with E-state index in [4.69, 9.17) is 5.73 Å². The van der Waals surface area contributed by atoms with Crippen molar-refractivity contribution in [3.05, 3.63) is 35.4 Å². The molecule has 1 aromatic rings. The van der Waals surface area contributed by atoms with Gasteiger partial charge < -0.3 is 11.1 Å². The number of halogens is 2. The molecule has 1 atom stereocenters. The second kappa shape index (κ2) is 5.53. The Hall–Kier alpha value is -1.04. The summed E-state index contributed by atoms with van der Waals surface area (Å²) in [5.41, 5.74) is 6.18. The number of nitrogens with one attached hydrogen (secondary N) is 1. The van der Waals surface area contributed by atoms with E-state index in [0.717, 1.165) is 38.3 Å². The molecule has 0 aliphatic carbocycles. The van der Waals surface area contributed by atoms with E-state index in [2.05, 4.69) is 10.2 Å². The van der Waals surface area contributed by atoms with Crippen molar-refractivity contribution in [1.29, 1.82) is 0 Å². The number of nitrogens with zero attached hydrogens (tertiary/aromatic N) is 1. The molecule has 0 amide bonds. The summed E-state index contributed by atoms with van der Waals surface area (Å²) in [5, 5.41) is 3.23. The average Bonchev–Trinajstić information content (AvgIpc) is 2.33. The van der Waals surface area contributed by atoms with Crippen LogP contribution in [-0.4, -0.2) is 37.6 Å². The lowest BCUT2D eigenvalue weighted by molar-refractivity contribution is 0.226. The first-order valence-corrected chi connectivity index (χ1v) is 5.80. The predicted octanol–water partition coefficient (Wildman–Crippen LogP) is 0.870. The largest absolute Gasteiger partial charge is 0.323 e. The molecule has 1 saturated heterocycles. The Labute approximate surface area is 99.6 Å². The molecule has 0 bridgehead atoms. The van der Waals surface area contributed by atoms with Crippen molar-refractivity contribution in [1.82, 2.24) is 10.2 Å². The average molecular weight is 241 g/mol. The third-order valence-corrected chi connectivity index (χ3v) is 3.02. The first-order chi connectivity index (χ1) is 8.16. The normalized spacial score (nSPS) is 19.2. The molecule has 1 aliphatic heterocycles. The second-order valence-electron chi connectivity index (χ2n) is 4.32. The minimum absolute atomic E-state index is 0.253. The van der Waals surface area contributed by atoms with E-state index in [1.165, 1.54) is 6.07 Å². The molecule has 1 heterocycles. The van der Waals surface area contributed by atoms with Crippen molar-refractivity contribution in [2.45, 2.75) is 6.04 Å². The Morgan fingerprint density at radius 3 is 2.71 bits per heavy atom. The fraction of sp³-hybridized carbons (Fsp3) is 0.500. The number of nitrogens with two attached hydrogens (primary N) is 1. The highest BCUT2D eigenvalue weighted by molar-refractivity contribution is 5.22. The van der Waals surface area contributed by atoms with Crippen molar-refractivity contribution in [2.24, 2.45) is 5.73 Å². The van der Waals surface area contributed by atoms with Gasteiger partial charge in [0.05, 0.1) is 0 Å². The van der Waals surface area contributed by atoms with Crippen LogP contribution in [0.5, 0.6) is 0 Å². The van der Waals surface area contributed by atoms with E-state index in [9.17, 15) is 8.78 Å². The highest BCUT2D eigenvalue weighted by atomic mass is 19.1. The smallest absolute Gasteiger partial charge is 0.128 e. The molecule has 94 valence electrons. The molecule has 1 aromatic carbocycles. The van der Waals surface area contributed by atoms with Crippen molar-refractivity contribution in [3.8, 4) is 0 Å². The third kappa shape index (κ3) is 3.21. The molecule has 3 nitrogen and oxygen atoms in total. The van der Waals surface area contributed by atoms with Gasteiger partial charge in [0.1, 0.15) is 11.6 Å². The Morgan fingerprint density at radius 1 is 1.29 bits per heavy atom. The SMILES string of the molecule is NC(CN1CCNCC1)c1cc(F)ccc1F. The van der Waals surface area contributed by atoms with E-state index in [0.29, 0.717) is 6.54 Å². The van der Waals surface area contributed by atoms with Gasteiger partial charge in [0, 0.05) is 44.3 Å². The number of piperazine rings is 1. The second-order valence-corrected chi connectivity index (χ2v) is 4.32. The van der Waals surface area contributed by atoms with Gasteiger partial charge in [-0.3, -0.25) is 4.90 Å². The van der Waals surface area contributed by atoms with Gasteiger partial charge in [0.2, 0.25) is 0 Å². The number of hydrogen-bond donors (Lipinski definition) is 2. The lowest BCUT2D eigenvalue weighted by Crippen LogP contribution is -2.46. The van der Waals surface area contributed by atoms with Crippen LogP contribution in [0.3, 0.4) is 0 Å². The molecule has 0 saturated carbocycles. The van der Waals surface area contributed by atoms with Gasteiger partial charge in [-0.1, -0.05) is 0 Å². The van der Waals surface area contributed by atoms with E-state index >= 15 is 0 Å². The molecule has 0 radical (unpaired) electrons. The fourth-order valence-corrected chi connectivity index (χ4v) is 2.07. The number of rotatable bonds is 3. The molecular formula is C12H17F2N3. The molecule has 3 N–H and O–H groups in total. The lowest BCUT2D eigenvalue weighted by atomic mass is 10.1. The van der Waals surface area contributed by atoms with Gasteiger partial charge in [-0.15, -0.1) is 0 Å². The van der Waals surface area contributed by atoms with Crippen LogP contribution in [0.25, 0.3) is 0 Å².